The first-order chi connectivity index (χ1) is 9.72. The second kappa shape index (κ2) is 9.95. The fraction of sp³-hybridized carbons (Fsp3) is 0.667. The van der Waals surface area contributed by atoms with Crippen molar-refractivity contribution in [2.45, 2.75) is 59.1 Å². The van der Waals surface area contributed by atoms with Crippen molar-refractivity contribution in [3.63, 3.8) is 0 Å². The Labute approximate surface area is 124 Å². The van der Waals surface area contributed by atoms with Crippen LogP contribution in [-0.2, 0) is 4.74 Å². The van der Waals surface area contributed by atoms with E-state index in [0.29, 0.717) is 6.04 Å². The molecule has 0 aliphatic carbocycles. The van der Waals surface area contributed by atoms with Gasteiger partial charge in [0.2, 0.25) is 0 Å². The second-order valence-corrected chi connectivity index (χ2v) is 5.60. The van der Waals surface area contributed by atoms with Crippen molar-refractivity contribution in [3.8, 4) is 0 Å². The number of benzene rings is 1. The van der Waals surface area contributed by atoms with Gasteiger partial charge >= 0.3 is 0 Å². The summed E-state index contributed by atoms with van der Waals surface area (Å²) in [6.07, 6.45) is 3.69. The van der Waals surface area contributed by atoms with E-state index in [2.05, 4.69) is 63.3 Å². The van der Waals surface area contributed by atoms with E-state index in [0.717, 1.165) is 31.9 Å². The van der Waals surface area contributed by atoms with Crippen molar-refractivity contribution in [2.75, 3.05) is 13.2 Å². The fourth-order valence-corrected chi connectivity index (χ4v) is 2.51. The molecule has 0 heterocycles. The monoisotopic (exact) mass is 277 g/mol. The molecular weight excluding hydrogens is 246 g/mol. The summed E-state index contributed by atoms with van der Waals surface area (Å²) in [6, 6.07) is 11.0. The normalized spacial score (nSPS) is 15.8. The highest BCUT2D eigenvalue weighted by molar-refractivity contribution is 5.19. The Morgan fingerprint density at radius 2 is 1.80 bits per heavy atom. The van der Waals surface area contributed by atoms with Gasteiger partial charge in [0.1, 0.15) is 0 Å². The van der Waals surface area contributed by atoms with Gasteiger partial charge in [0.05, 0.1) is 6.10 Å². The third-order valence-corrected chi connectivity index (χ3v) is 3.85. The maximum absolute atomic E-state index is 6.07. The highest BCUT2D eigenvalue weighted by atomic mass is 16.5. The van der Waals surface area contributed by atoms with Gasteiger partial charge in [-0.05, 0) is 37.8 Å². The number of hydrogen-bond donors (Lipinski definition) is 1. The SMILES string of the molecule is CCCNC(CC(C)CC)C(OCC)c1ccccc1. The number of hydrogen-bond acceptors (Lipinski definition) is 2. The zero-order valence-electron chi connectivity index (χ0n) is 13.6. The van der Waals surface area contributed by atoms with Gasteiger partial charge in [-0.3, -0.25) is 0 Å². The van der Waals surface area contributed by atoms with Gasteiger partial charge in [-0.15, -0.1) is 0 Å². The van der Waals surface area contributed by atoms with Gasteiger partial charge in [0.25, 0.3) is 0 Å². The lowest BCUT2D eigenvalue weighted by Crippen LogP contribution is -2.38. The summed E-state index contributed by atoms with van der Waals surface area (Å²) in [4.78, 5) is 0. The zero-order chi connectivity index (χ0) is 14.8. The van der Waals surface area contributed by atoms with Crippen LogP contribution in [0.2, 0.25) is 0 Å². The van der Waals surface area contributed by atoms with Crippen LogP contribution in [0.5, 0.6) is 0 Å². The minimum absolute atomic E-state index is 0.154. The van der Waals surface area contributed by atoms with Crippen molar-refractivity contribution in [1.82, 2.24) is 5.32 Å². The summed E-state index contributed by atoms with van der Waals surface area (Å²) in [7, 11) is 0. The van der Waals surface area contributed by atoms with E-state index >= 15 is 0 Å². The van der Waals surface area contributed by atoms with E-state index in [4.69, 9.17) is 4.74 Å². The first-order valence-electron chi connectivity index (χ1n) is 8.12. The molecule has 1 N–H and O–H groups in total. The summed E-state index contributed by atoms with van der Waals surface area (Å²) in [5, 5.41) is 3.69. The molecular formula is C18H31NO. The standard InChI is InChI=1S/C18H31NO/c1-5-13-19-17(14-15(4)6-2)18(20-7-3)16-11-9-8-10-12-16/h8-12,15,17-19H,5-7,13-14H2,1-4H3. The van der Waals surface area contributed by atoms with E-state index in [-0.39, 0.29) is 6.10 Å². The van der Waals surface area contributed by atoms with E-state index in [1.54, 1.807) is 0 Å². The lowest BCUT2D eigenvalue weighted by atomic mass is 9.92. The van der Waals surface area contributed by atoms with Crippen molar-refractivity contribution in [1.29, 1.82) is 0 Å². The predicted octanol–water partition coefficient (Wildman–Crippen LogP) is 4.57. The van der Waals surface area contributed by atoms with Crippen LogP contribution in [0.4, 0.5) is 0 Å². The van der Waals surface area contributed by atoms with Gasteiger partial charge in [0, 0.05) is 12.6 Å². The zero-order valence-corrected chi connectivity index (χ0v) is 13.6. The number of nitrogens with one attached hydrogen (secondary N) is 1. The fourth-order valence-electron chi connectivity index (χ4n) is 2.51. The topological polar surface area (TPSA) is 21.3 Å². The molecule has 0 radical (unpaired) electrons. The second-order valence-electron chi connectivity index (χ2n) is 5.60. The van der Waals surface area contributed by atoms with Crippen LogP contribution in [0.15, 0.2) is 30.3 Å². The molecule has 0 saturated carbocycles. The van der Waals surface area contributed by atoms with E-state index in [9.17, 15) is 0 Å². The van der Waals surface area contributed by atoms with Crippen molar-refractivity contribution in [2.24, 2.45) is 5.92 Å². The maximum atomic E-state index is 6.07. The average molecular weight is 277 g/mol. The van der Waals surface area contributed by atoms with Crippen LogP contribution < -0.4 is 5.32 Å². The lowest BCUT2D eigenvalue weighted by Gasteiger charge is -2.30. The third kappa shape index (κ3) is 5.64. The molecule has 0 bridgehead atoms. The molecule has 0 amide bonds. The van der Waals surface area contributed by atoms with Crippen molar-refractivity contribution < 1.29 is 4.74 Å². The molecule has 0 aliphatic heterocycles. The molecule has 0 aliphatic rings. The Morgan fingerprint density at radius 1 is 1.10 bits per heavy atom. The van der Waals surface area contributed by atoms with Gasteiger partial charge in [-0.2, -0.15) is 0 Å². The van der Waals surface area contributed by atoms with Crippen molar-refractivity contribution >= 4 is 0 Å². The van der Waals surface area contributed by atoms with Gasteiger partial charge in [0.15, 0.2) is 0 Å². The van der Waals surface area contributed by atoms with Crippen molar-refractivity contribution in [3.05, 3.63) is 35.9 Å². The van der Waals surface area contributed by atoms with Gasteiger partial charge in [-0.1, -0.05) is 57.5 Å². The van der Waals surface area contributed by atoms with E-state index in [1.807, 2.05) is 0 Å². The molecule has 1 aromatic rings. The summed E-state index contributed by atoms with van der Waals surface area (Å²) >= 11 is 0. The minimum Gasteiger partial charge on any atom is -0.372 e. The third-order valence-electron chi connectivity index (χ3n) is 3.85. The Morgan fingerprint density at radius 3 is 2.35 bits per heavy atom. The molecule has 20 heavy (non-hydrogen) atoms. The van der Waals surface area contributed by atoms with Crippen LogP contribution in [0, 0.1) is 5.92 Å². The molecule has 0 saturated heterocycles. The highest BCUT2D eigenvalue weighted by Crippen LogP contribution is 2.26. The molecule has 3 atom stereocenters. The molecule has 2 nitrogen and oxygen atoms in total. The largest absolute Gasteiger partial charge is 0.372 e. The average Bonchev–Trinajstić information content (AvgIpc) is 2.50. The molecule has 0 spiro atoms. The Kier molecular flexibility index (Phi) is 8.56. The molecule has 2 heteroatoms. The Hall–Kier alpha value is -0.860. The molecule has 3 unspecified atom stereocenters. The van der Waals surface area contributed by atoms with Crippen LogP contribution in [0.3, 0.4) is 0 Å². The number of rotatable bonds is 10. The van der Waals surface area contributed by atoms with E-state index < -0.39 is 0 Å². The van der Waals surface area contributed by atoms with E-state index in [1.165, 1.54) is 12.0 Å². The molecule has 1 aromatic carbocycles. The first-order valence-corrected chi connectivity index (χ1v) is 8.12. The minimum atomic E-state index is 0.154. The predicted molar refractivity (Wildman–Crippen MR) is 87.0 cm³/mol. The summed E-state index contributed by atoms with van der Waals surface area (Å²) < 4.78 is 6.07. The Balaban J connectivity index is 2.85. The highest BCUT2D eigenvalue weighted by Gasteiger charge is 2.24. The summed E-state index contributed by atoms with van der Waals surface area (Å²) in [5.41, 5.74) is 1.28. The maximum Gasteiger partial charge on any atom is 0.0977 e. The molecule has 1 rings (SSSR count). The van der Waals surface area contributed by atoms with Crippen LogP contribution in [0.25, 0.3) is 0 Å². The van der Waals surface area contributed by atoms with Crippen LogP contribution >= 0.6 is 0 Å². The number of ether oxygens (including phenoxy) is 1. The summed E-state index contributed by atoms with van der Waals surface area (Å²) in [5.74, 6) is 0.719. The Bertz CT molecular complexity index is 339. The smallest absolute Gasteiger partial charge is 0.0977 e. The van der Waals surface area contributed by atoms with Crippen LogP contribution in [-0.4, -0.2) is 19.2 Å². The van der Waals surface area contributed by atoms with Gasteiger partial charge in [-0.25, -0.2) is 0 Å². The molecule has 0 aromatic heterocycles. The lowest BCUT2D eigenvalue weighted by molar-refractivity contribution is 0.0268. The van der Waals surface area contributed by atoms with Gasteiger partial charge < -0.3 is 10.1 Å². The summed E-state index contributed by atoms with van der Waals surface area (Å²) in [6.45, 7) is 10.7. The first kappa shape index (κ1) is 17.2. The molecule has 114 valence electrons. The van der Waals surface area contributed by atoms with Crippen LogP contribution in [0.1, 0.15) is 58.6 Å². The molecule has 0 fully saturated rings. The quantitative estimate of drug-likeness (QED) is 0.676.